The zero-order valence-electron chi connectivity index (χ0n) is 14.6. The number of rotatable bonds is 3. The quantitative estimate of drug-likeness (QED) is 0.859. The Morgan fingerprint density at radius 1 is 1.12 bits per heavy atom. The van der Waals surface area contributed by atoms with Gasteiger partial charge in [-0.1, -0.05) is 18.2 Å². The molecule has 1 saturated heterocycles. The number of carbonyl (C=O) groups excluding carboxylic acids is 1. The SMILES string of the molecule is CC1(C)OB(c2ccc(N3C=CC=C(C(N)=O)C3)cc2)OC1(C)C. The molecule has 2 aliphatic rings. The van der Waals surface area contributed by atoms with Crippen molar-refractivity contribution >= 4 is 24.2 Å². The first-order valence-electron chi connectivity index (χ1n) is 8.09. The largest absolute Gasteiger partial charge is 0.494 e. The van der Waals surface area contributed by atoms with Crippen LogP contribution in [0.2, 0.25) is 0 Å². The van der Waals surface area contributed by atoms with E-state index in [9.17, 15) is 4.79 Å². The second-order valence-electron chi connectivity index (χ2n) is 7.21. The molecule has 0 aromatic heterocycles. The highest BCUT2D eigenvalue weighted by molar-refractivity contribution is 6.62. The number of hydrogen-bond acceptors (Lipinski definition) is 4. The minimum Gasteiger partial charge on any atom is -0.399 e. The molecule has 0 aliphatic carbocycles. The zero-order chi connectivity index (χ0) is 17.5. The highest BCUT2D eigenvalue weighted by Gasteiger charge is 2.51. The molecular weight excluding hydrogens is 303 g/mol. The van der Waals surface area contributed by atoms with Crippen molar-refractivity contribution in [1.29, 1.82) is 0 Å². The topological polar surface area (TPSA) is 64.8 Å². The number of allylic oxidation sites excluding steroid dienone is 2. The van der Waals surface area contributed by atoms with E-state index in [1.807, 2.05) is 69.1 Å². The lowest BCUT2D eigenvalue weighted by Gasteiger charge is -2.32. The number of hydrogen-bond donors (Lipinski definition) is 1. The van der Waals surface area contributed by atoms with Gasteiger partial charge in [-0.2, -0.15) is 0 Å². The van der Waals surface area contributed by atoms with Gasteiger partial charge >= 0.3 is 7.12 Å². The van der Waals surface area contributed by atoms with Crippen molar-refractivity contribution in [2.45, 2.75) is 38.9 Å². The molecule has 0 saturated carbocycles. The summed E-state index contributed by atoms with van der Waals surface area (Å²) < 4.78 is 12.1. The van der Waals surface area contributed by atoms with Crippen LogP contribution in [-0.4, -0.2) is 30.8 Å². The third-order valence-corrected chi connectivity index (χ3v) is 4.97. The molecule has 1 aromatic carbocycles. The van der Waals surface area contributed by atoms with Crippen LogP contribution in [-0.2, 0) is 14.1 Å². The second kappa shape index (κ2) is 5.79. The molecule has 1 amide bonds. The Bertz CT molecular complexity index is 691. The van der Waals surface area contributed by atoms with Gasteiger partial charge < -0.3 is 19.9 Å². The van der Waals surface area contributed by atoms with E-state index in [1.54, 1.807) is 6.08 Å². The average molecular weight is 326 g/mol. The number of primary amides is 1. The highest BCUT2D eigenvalue weighted by atomic mass is 16.7. The summed E-state index contributed by atoms with van der Waals surface area (Å²) in [5.74, 6) is -0.391. The van der Waals surface area contributed by atoms with Gasteiger partial charge in [0.2, 0.25) is 5.91 Å². The summed E-state index contributed by atoms with van der Waals surface area (Å²) >= 11 is 0. The number of anilines is 1. The van der Waals surface area contributed by atoms with E-state index in [1.165, 1.54) is 0 Å². The maximum Gasteiger partial charge on any atom is 0.494 e. The lowest BCUT2D eigenvalue weighted by Crippen LogP contribution is -2.41. The zero-order valence-corrected chi connectivity index (χ0v) is 14.6. The Kier molecular flexibility index (Phi) is 4.05. The van der Waals surface area contributed by atoms with Crippen LogP contribution in [0.25, 0.3) is 0 Å². The van der Waals surface area contributed by atoms with Gasteiger partial charge in [0.25, 0.3) is 0 Å². The van der Waals surface area contributed by atoms with Gasteiger partial charge in [-0.05, 0) is 51.4 Å². The lowest BCUT2D eigenvalue weighted by molar-refractivity contribution is -0.114. The molecule has 0 radical (unpaired) electrons. The molecule has 2 aliphatic heterocycles. The van der Waals surface area contributed by atoms with Crippen molar-refractivity contribution in [3.63, 3.8) is 0 Å². The molecule has 6 heteroatoms. The summed E-state index contributed by atoms with van der Waals surface area (Å²) in [6.45, 7) is 8.63. The summed E-state index contributed by atoms with van der Waals surface area (Å²) in [5.41, 5.74) is 7.21. The van der Waals surface area contributed by atoms with E-state index in [0.717, 1.165) is 11.2 Å². The first-order chi connectivity index (χ1) is 11.2. The van der Waals surface area contributed by atoms with Crippen molar-refractivity contribution < 1.29 is 14.1 Å². The Balaban J connectivity index is 1.75. The molecule has 0 unspecified atom stereocenters. The summed E-state index contributed by atoms with van der Waals surface area (Å²) in [4.78, 5) is 13.3. The maximum absolute atomic E-state index is 11.3. The third-order valence-electron chi connectivity index (χ3n) is 4.97. The van der Waals surface area contributed by atoms with Crippen LogP contribution in [0.3, 0.4) is 0 Å². The van der Waals surface area contributed by atoms with Crippen LogP contribution in [0.1, 0.15) is 27.7 Å². The molecule has 2 heterocycles. The summed E-state index contributed by atoms with van der Waals surface area (Å²) in [6, 6.07) is 7.98. The van der Waals surface area contributed by atoms with Gasteiger partial charge in [0, 0.05) is 17.5 Å². The molecular formula is C18H23BN2O3. The normalized spacial score (nSPS) is 21.8. The molecule has 5 nitrogen and oxygen atoms in total. The lowest BCUT2D eigenvalue weighted by atomic mass is 9.79. The van der Waals surface area contributed by atoms with Crippen LogP contribution in [0.4, 0.5) is 5.69 Å². The number of nitrogens with zero attached hydrogens (tertiary/aromatic N) is 1. The monoisotopic (exact) mass is 326 g/mol. The Hall–Kier alpha value is -2.05. The van der Waals surface area contributed by atoms with Crippen molar-refractivity contribution in [3.05, 3.63) is 48.2 Å². The Morgan fingerprint density at radius 2 is 1.71 bits per heavy atom. The van der Waals surface area contributed by atoms with E-state index in [4.69, 9.17) is 15.0 Å². The Morgan fingerprint density at radius 3 is 2.25 bits per heavy atom. The van der Waals surface area contributed by atoms with Crippen molar-refractivity contribution in [3.8, 4) is 0 Å². The first kappa shape index (κ1) is 16.8. The minimum absolute atomic E-state index is 0.354. The third kappa shape index (κ3) is 2.99. The van der Waals surface area contributed by atoms with Gasteiger partial charge in [-0.25, -0.2) is 0 Å². The number of amides is 1. The minimum atomic E-state index is -0.391. The highest BCUT2D eigenvalue weighted by Crippen LogP contribution is 2.36. The van der Waals surface area contributed by atoms with Crippen LogP contribution in [0.5, 0.6) is 0 Å². The molecule has 0 bridgehead atoms. The van der Waals surface area contributed by atoms with Gasteiger partial charge in [-0.3, -0.25) is 4.79 Å². The van der Waals surface area contributed by atoms with Gasteiger partial charge in [0.15, 0.2) is 0 Å². The molecule has 24 heavy (non-hydrogen) atoms. The fraction of sp³-hybridized carbons (Fsp3) is 0.389. The van der Waals surface area contributed by atoms with Crippen molar-refractivity contribution in [2.75, 3.05) is 11.4 Å². The van der Waals surface area contributed by atoms with Crippen molar-refractivity contribution in [2.24, 2.45) is 5.73 Å². The molecule has 1 aromatic rings. The maximum atomic E-state index is 11.3. The summed E-state index contributed by atoms with van der Waals surface area (Å²) in [6.07, 6.45) is 5.50. The molecule has 2 N–H and O–H groups in total. The van der Waals surface area contributed by atoms with E-state index in [0.29, 0.717) is 12.1 Å². The van der Waals surface area contributed by atoms with E-state index >= 15 is 0 Å². The number of carbonyl (C=O) groups is 1. The second-order valence-corrected chi connectivity index (χ2v) is 7.21. The van der Waals surface area contributed by atoms with E-state index < -0.39 is 5.91 Å². The van der Waals surface area contributed by atoms with Crippen LogP contribution in [0, 0.1) is 0 Å². The fourth-order valence-corrected chi connectivity index (χ4v) is 2.69. The molecule has 126 valence electrons. The first-order valence-corrected chi connectivity index (χ1v) is 8.09. The van der Waals surface area contributed by atoms with Gasteiger partial charge in [-0.15, -0.1) is 0 Å². The predicted octanol–water partition coefficient (Wildman–Crippen LogP) is 1.73. The van der Waals surface area contributed by atoms with Gasteiger partial charge in [0.1, 0.15) is 0 Å². The molecule has 1 fully saturated rings. The van der Waals surface area contributed by atoms with Crippen molar-refractivity contribution in [1.82, 2.24) is 0 Å². The van der Waals surface area contributed by atoms with E-state index in [-0.39, 0.29) is 18.3 Å². The molecule has 0 spiro atoms. The van der Waals surface area contributed by atoms with Crippen LogP contribution < -0.4 is 16.1 Å². The Labute approximate surface area is 143 Å². The van der Waals surface area contributed by atoms with Crippen LogP contribution >= 0.6 is 0 Å². The van der Waals surface area contributed by atoms with Crippen LogP contribution in [0.15, 0.2) is 48.2 Å². The fourth-order valence-electron chi connectivity index (χ4n) is 2.69. The smallest absolute Gasteiger partial charge is 0.399 e. The standard InChI is InChI=1S/C18H23BN2O3/c1-17(2)18(3,4)24-19(23-17)14-7-9-15(10-8-14)21-11-5-6-13(12-21)16(20)22/h5-11H,12H2,1-4H3,(H2,20,22). The molecule has 0 atom stereocenters. The number of nitrogens with two attached hydrogens (primary N) is 1. The summed E-state index contributed by atoms with van der Waals surface area (Å²) in [7, 11) is -0.373. The summed E-state index contributed by atoms with van der Waals surface area (Å²) in [5, 5.41) is 0. The van der Waals surface area contributed by atoms with E-state index in [2.05, 4.69) is 0 Å². The average Bonchev–Trinajstić information content (AvgIpc) is 2.76. The number of benzene rings is 1. The van der Waals surface area contributed by atoms with Gasteiger partial charge in [0.05, 0.1) is 17.7 Å². The predicted molar refractivity (Wildman–Crippen MR) is 95.9 cm³/mol. The molecule has 3 rings (SSSR count).